The van der Waals surface area contributed by atoms with Crippen molar-refractivity contribution < 1.29 is 21.2 Å². The summed E-state index contributed by atoms with van der Waals surface area (Å²) in [4.78, 5) is 0.312. The second-order valence-electron chi connectivity index (χ2n) is 5.73. The number of hydrogen-bond acceptors (Lipinski definition) is 5. The average Bonchev–Trinajstić information content (AvgIpc) is 3.25. The monoisotopic (exact) mass is 438 g/mol. The van der Waals surface area contributed by atoms with Gasteiger partial charge in [0.15, 0.2) is 0 Å². The van der Waals surface area contributed by atoms with E-state index in [0.29, 0.717) is 18.0 Å². The van der Waals surface area contributed by atoms with E-state index >= 15 is 0 Å². The van der Waals surface area contributed by atoms with Gasteiger partial charge in [-0.15, -0.1) is 11.3 Å². The largest absolute Gasteiger partial charge is 0.252 e. The van der Waals surface area contributed by atoms with Crippen LogP contribution in [0.2, 0.25) is 5.02 Å². The lowest BCUT2D eigenvalue weighted by molar-refractivity contribution is 0.479. The molecule has 1 aromatic heterocycles. The molecule has 0 unspecified atom stereocenters. The highest BCUT2D eigenvalue weighted by Crippen LogP contribution is 2.28. The Morgan fingerprint density at radius 3 is 2.46 bits per heavy atom. The van der Waals surface area contributed by atoms with E-state index in [1.165, 1.54) is 10.4 Å². The van der Waals surface area contributed by atoms with Crippen LogP contribution in [0.15, 0.2) is 39.4 Å². The lowest BCUT2D eigenvalue weighted by Crippen LogP contribution is -2.27. The summed E-state index contributed by atoms with van der Waals surface area (Å²) in [5.74, 6) is -0.635. The maximum absolute atomic E-state index is 13.1. The number of halogens is 2. The van der Waals surface area contributed by atoms with Crippen LogP contribution in [-0.4, -0.2) is 34.2 Å². The summed E-state index contributed by atoms with van der Waals surface area (Å²) in [7, 11) is -7.47. The van der Waals surface area contributed by atoms with Crippen LogP contribution in [0.25, 0.3) is 0 Å². The van der Waals surface area contributed by atoms with Crippen molar-refractivity contribution in [3.63, 3.8) is 0 Å². The van der Waals surface area contributed by atoms with Crippen molar-refractivity contribution >= 4 is 43.0 Å². The summed E-state index contributed by atoms with van der Waals surface area (Å²) in [6, 6.07) is 6.06. The van der Waals surface area contributed by atoms with Gasteiger partial charge in [0.25, 0.3) is 10.0 Å². The molecule has 0 saturated carbocycles. The first kappa shape index (κ1) is 19.7. The van der Waals surface area contributed by atoms with Crippen molar-refractivity contribution in [3.8, 4) is 0 Å². The molecular weight excluding hydrogens is 423 g/mol. The van der Waals surface area contributed by atoms with Crippen LogP contribution in [-0.2, 0) is 26.6 Å². The summed E-state index contributed by atoms with van der Waals surface area (Å²) >= 11 is 6.81. The van der Waals surface area contributed by atoms with Gasteiger partial charge >= 0.3 is 0 Å². The fourth-order valence-electron chi connectivity index (χ4n) is 2.58. The van der Waals surface area contributed by atoms with E-state index in [2.05, 4.69) is 4.72 Å². The van der Waals surface area contributed by atoms with Gasteiger partial charge in [-0.05, 0) is 43.2 Å². The van der Waals surface area contributed by atoms with Crippen molar-refractivity contribution in [2.45, 2.75) is 28.5 Å². The highest BCUT2D eigenvalue weighted by Gasteiger charge is 2.28. The molecule has 0 amide bonds. The normalized spacial score (nSPS) is 16.2. The summed E-state index contributed by atoms with van der Waals surface area (Å²) in [5.41, 5.74) is 0. The highest BCUT2D eigenvalue weighted by atomic mass is 35.5. The molecule has 1 aliphatic rings. The lowest BCUT2D eigenvalue weighted by atomic mass is 10.3. The molecule has 2 heterocycles. The Bertz CT molecular complexity index is 1020. The molecule has 3 rings (SSSR count). The molecule has 2 aromatic rings. The first-order valence-electron chi connectivity index (χ1n) is 7.74. The molecule has 0 bridgehead atoms. The minimum Gasteiger partial charge on any atom is -0.207 e. The fourth-order valence-corrected chi connectivity index (χ4v) is 7.18. The number of benzene rings is 1. The third-order valence-corrected chi connectivity index (χ3v) is 9.25. The van der Waals surface area contributed by atoms with Crippen molar-refractivity contribution in [1.82, 2.24) is 9.03 Å². The number of nitrogens with zero attached hydrogens (tertiary/aromatic N) is 1. The van der Waals surface area contributed by atoms with Gasteiger partial charge in [0, 0.05) is 24.5 Å². The zero-order chi connectivity index (χ0) is 18.9. The third-order valence-electron chi connectivity index (χ3n) is 3.92. The molecule has 11 heteroatoms. The number of nitrogens with one attached hydrogen (secondary N) is 1. The smallest absolute Gasteiger partial charge is 0.207 e. The number of thiophene rings is 1. The molecular formula is C15H16ClFN2O4S3. The van der Waals surface area contributed by atoms with Gasteiger partial charge in [-0.2, -0.15) is 4.31 Å². The summed E-state index contributed by atoms with van der Waals surface area (Å²) in [6.45, 7) is 0.923. The Kier molecular flexibility index (Phi) is 5.71. The van der Waals surface area contributed by atoms with Crippen LogP contribution >= 0.6 is 22.9 Å². The van der Waals surface area contributed by atoms with Gasteiger partial charge in [-0.1, -0.05) is 11.6 Å². The van der Waals surface area contributed by atoms with Crippen LogP contribution in [0, 0.1) is 5.82 Å². The van der Waals surface area contributed by atoms with Crippen LogP contribution in [0.4, 0.5) is 4.39 Å². The van der Waals surface area contributed by atoms with Crippen molar-refractivity contribution in [1.29, 1.82) is 0 Å². The second-order valence-corrected chi connectivity index (χ2v) is 11.2. The Balaban J connectivity index is 1.73. The van der Waals surface area contributed by atoms with Gasteiger partial charge in [-0.25, -0.2) is 25.9 Å². The minimum atomic E-state index is -3.95. The van der Waals surface area contributed by atoms with E-state index in [9.17, 15) is 21.2 Å². The molecule has 0 spiro atoms. The SMILES string of the molecule is O=S(=O)(NCc1ccc(S(=O)(=O)N2CCCC2)s1)c1ccc(F)cc1Cl. The molecule has 0 aliphatic carbocycles. The molecule has 1 saturated heterocycles. The summed E-state index contributed by atoms with van der Waals surface area (Å²) in [6.07, 6.45) is 1.69. The number of hydrogen-bond donors (Lipinski definition) is 1. The highest BCUT2D eigenvalue weighted by molar-refractivity contribution is 7.91. The molecule has 6 nitrogen and oxygen atoms in total. The molecule has 0 atom stereocenters. The van der Waals surface area contributed by atoms with Crippen molar-refractivity contribution in [2.24, 2.45) is 0 Å². The molecule has 1 fully saturated rings. The zero-order valence-electron chi connectivity index (χ0n) is 13.5. The molecule has 26 heavy (non-hydrogen) atoms. The molecule has 1 aliphatic heterocycles. The van der Waals surface area contributed by atoms with E-state index in [1.54, 1.807) is 6.07 Å². The molecule has 142 valence electrons. The quantitative estimate of drug-likeness (QED) is 0.751. The van der Waals surface area contributed by atoms with Crippen LogP contribution in [0.5, 0.6) is 0 Å². The zero-order valence-corrected chi connectivity index (χ0v) is 16.7. The van der Waals surface area contributed by atoms with E-state index in [0.717, 1.165) is 42.4 Å². The molecule has 1 N–H and O–H groups in total. The van der Waals surface area contributed by atoms with E-state index in [4.69, 9.17) is 11.6 Å². The number of sulfonamides is 2. The molecule has 1 aromatic carbocycles. The van der Waals surface area contributed by atoms with E-state index in [1.807, 2.05) is 0 Å². The Hall–Kier alpha value is -1.04. The lowest BCUT2D eigenvalue weighted by Gasteiger charge is -2.13. The molecule has 0 radical (unpaired) electrons. The number of rotatable bonds is 6. The van der Waals surface area contributed by atoms with E-state index < -0.39 is 25.9 Å². The van der Waals surface area contributed by atoms with Crippen molar-refractivity contribution in [2.75, 3.05) is 13.1 Å². The van der Waals surface area contributed by atoms with Gasteiger partial charge in [0.1, 0.15) is 14.9 Å². The average molecular weight is 439 g/mol. The fraction of sp³-hybridized carbons (Fsp3) is 0.333. The summed E-state index contributed by atoms with van der Waals surface area (Å²) < 4.78 is 66.7. The topological polar surface area (TPSA) is 83.5 Å². The van der Waals surface area contributed by atoms with Crippen LogP contribution in [0.3, 0.4) is 0 Å². The van der Waals surface area contributed by atoms with Gasteiger partial charge in [0.05, 0.1) is 5.02 Å². The van der Waals surface area contributed by atoms with Gasteiger partial charge < -0.3 is 0 Å². The Morgan fingerprint density at radius 1 is 1.12 bits per heavy atom. The Morgan fingerprint density at radius 2 is 1.81 bits per heavy atom. The summed E-state index contributed by atoms with van der Waals surface area (Å²) in [5, 5.41) is -0.221. The maximum Gasteiger partial charge on any atom is 0.252 e. The van der Waals surface area contributed by atoms with Crippen LogP contribution in [0.1, 0.15) is 17.7 Å². The van der Waals surface area contributed by atoms with Gasteiger partial charge in [0.2, 0.25) is 10.0 Å². The second kappa shape index (κ2) is 7.53. The first-order chi connectivity index (χ1) is 12.2. The predicted octanol–water partition coefficient (Wildman–Crippen LogP) is 2.80. The Labute approximate surface area is 160 Å². The maximum atomic E-state index is 13.1. The van der Waals surface area contributed by atoms with Crippen molar-refractivity contribution in [3.05, 3.63) is 46.0 Å². The van der Waals surface area contributed by atoms with Gasteiger partial charge in [-0.3, -0.25) is 0 Å². The van der Waals surface area contributed by atoms with Crippen LogP contribution < -0.4 is 4.72 Å². The van der Waals surface area contributed by atoms with E-state index in [-0.39, 0.29) is 20.7 Å². The minimum absolute atomic E-state index is 0.0871. The first-order valence-corrected chi connectivity index (χ1v) is 11.9. The predicted molar refractivity (Wildman–Crippen MR) is 97.7 cm³/mol. The third kappa shape index (κ3) is 4.10. The standard InChI is InChI=1S/C15H16ClFN2O4S3/c16-13-9-11(17)3-5-14(13)25(20,21)18-10-12-4-6-15(24-12)26(22,23)19-7-1-2-8-19/h3-6,9,18H,1-2,7-8,10H2.